The fourth-order valence-corrected chi connectivity index (χ4v) is 2.52. The Bertz CT molecular complexity index is 882. The van der Waals surface area contributed by atoms with Gasteiger partial charge in [-0.2, -0.15) is 15.1 Å². The Morgan fingerprint density at radius 2 is 2.16 bits per heavy atom. The largest absolute Gasteiger partial charge is 0.506 e. The van der Waals surface area contributed by atoms with Crippen LogP contribution in [0.1, 0.15) is 6.42 Å². The summed E-state index contributed by atoms with van der Waals surface area (Å²) in [6.07, 6.45) is 2.55. The third-order valence-electron chi connectivity index (χ3n) is 3.61. The van der Waals surface area contributed by atoms with E-state index in [1.165, 1.54) is 6.07 Å². The number of anilines is 3. The van der Waals surface area contributed by atoms with Crippen LogP contribution in [-0.4, -0.2) is 45.1 Å². The predicted molar refractivity (Wildman–Crippen MR) is 97.7 cm³/mol. The zero-order valence-electron chi connectivity index (χ0n) is 14.0. The zero-order chi connectivity index (χ0) is 17.8. The van der Waals surface area contributed by atoms with E-state index in [2.05, 4.69) is 25.7 Å². The Morgan fingerprint density at radius 1 is 1.32 bits per heavy atom. The van der Waals surface area contributed by atoms with Crippen LogP contribution in [0.3, 0.4) is 0 Å². The zero-order valence-corrected chi connectivity index (χ0v) is 14.7. The molecule has 1 aromatic carbocycles. The van der Waals surface area contributed by atoms with Crippen LogP contribution in [0.2, 0.25) is 5.02 Å². The van der Waals surface area contributed by atoms with E-state index >= 15 is 0 Å². The minimum absolute atomic E-state index is 0.0296. The van der Waals surface area contributed by atoms with Gasteiger partial charge in [0, 0.05) is 33.0 Å². The number of ether oxygens (including phenoxy) is 1. The quantitative estimate of drug-likeness (QED) is 0.439. The van der Waals surface area contributed by atoms with Gasteiger partial charge in [0.2, 0.25) is 5.95 Å². The lowest BCUT2D eigenvalue weighted by Gasteiger charge is -2.11. The van der Waals surface area contributed by atoms with Crippen molar-refractivity contribution < 1.29 is 9.84 Å². The van der Waals surface area contributed by atoms with Crippen molar-refractivity contribution in [1.29, 1.82) is 0 Å². The first kappa shape index (κ1) is 17.2. The number of fused-ring (bicyclic) bond motifs is 1. The molecule has 0 atom stereocenters. The number of phenols is 1. The highest BCUT2D eigenvalue weighted by molar-refractivity contribution is 6.32. The Kier molecular flexibility index (Phi) is 5.20. The highest BCUT2D eigenvalue weighted by Gasteiger charge is 2.12. The molecule has 0 fully saturated rings. The summed E-state index contributed by atoms with van der Waals surface area (Å²) in [4.78, 5) is 9.02. The second kappa shape index (κ2) is 7.54. The maximum absolute atomic E-state index is 9.55. The van der Waals surface area contributed by atoms with Crippen molar-refractivity contribution in [2.75, 3.05) is 30.9 Å². The number of benzene rings is 1. The molecule has 0 unspecified atom stereocenters. The van der Waals surface area contributed by atoms with Crippen molar-refractivity contribution in [2.24, 2.45) is 7.05 Å². The van der Waals surface area contributed by atoms with E-state index in [4.69, 9.17) is 16.3 Å². The van der Waals surface area contributed by atoms with Gasteiger partial charge >= 0.3 is 0 Å². The summed E-state index contributed by atoms with van der Waals surface area (Å²) >= 11 is 5.97. The molecule has 0 spiro atoms. The molecular formula is C16H19ClN6O2. The summed E-state index contributed by atoms with van der Waals surface area (Å²) in [7, 11) is 3.49. The number of aryl methyl sites for hydroxylation is 1. The molecule has 132 valence electrons. The standard InChI is InChI=1S/C16H19ClN6O2/c1-23-15-11(9-19-23)14(20-10-4-5-13(24)12(17)8-10)21-16(22-15)18-6-3-7-25-2/h4-5,8-9,24H,3,6-7H2,1-2H3,(H2,18,20,21,22). The average Bonchev–Trinajstić information content (AvgIpc) is 2.97. The van der Waals surface area contributed by atoms with Crippen molar-refractivity contribution in [3.63, 3.8) is 0 Å². The van der Waals surface area contributed by atoms with Crippen LogP contribution in [0.15, 0.2) is 24.4 Å². The van der Waals surface area contributed by atoms with Gasteiger partial charge in [-0.15, -0.1) is 0 Å². The number of aromatic hydroxyl groups is 1. The monoisotopic (exact) mass is 362 g/mol. The maximum Gasteiger partial charge on any atom is 0.226 e. The number of phenolic OH excluding ortho intramolecular Hbond substituents is 1. The molecular weight excluding hydrogens is 344 g/mol. The lowest BCUT2D eigenvalue weighted by atomic mass is 10.3. The molecule has 8 nitrogen and oxygen atoms in total. The van der Waals surface area contributed by atoms with Crippen LogP contribution >= 0.6 is 11.6 Å². The van der Waals surface area contributed by atoms with Crippen LogP contribution in [0.4, 0.5) is 17.5 Å². The first-order valence-electron chi connectivity index (χ1n) is 7.76. The number of halogens is 1. The second-order valence-corrected chi connectivity index (χ2v) is 5.87. The van der Waals surface area contributed by atoms with Crippen molar-refractivity contribution >= 4 is 40.1 Å². The van der Waals surface area contributed by atoms with Crippen molar-refractivity contribution in [3.05, 3.63) is 29.4 Å². The molecule has 0 saturated heterocycles. The van der Waals surface area contributed by atoms with E-state index in [-0.39, 0.29) is 10.8 Å². The number of rotatable bonds is 7. The number of nitrogens with zero attached hydrogens (tertiary/aromatic N) is 4. The molecule has 9 heteroatoms. The minimum Gasteiger partial charge on any atom is -0.506 e. The molecule has 0 radical (unpaired) electrons. The molecule has 0 bridgehead atoms. The molecule has 3 N–H and O–H groups in total. The molecule has 0 saturated carbocycles. The third-order valence-corrected chi connectivity index (χ3v) is 3.91. The van der Waals surface area contributed by atoms with Gasteiger partial charge in [0.25, 0.3) is 0 Å². The van der Waals surface area contributed by atoms with Crippen molar-refractivity contribution in [3.8, 4) is 5.75 Å². The SMILES string of the molecule is COCCCNc1nc(Nc2ccc(O)c(Cl)c2)c2cnn(C)c2n1. The van der Waals surface area contributed by atoms with Gasteiger partial charge < -0.3 is 20.5 Å². The Morgan fingerprint density at radius 3 is 2.92 bits per heavy atom. The highest BCUT2D eigenvalue weighted by Crippen LogP contribution is 2.30. The van der Waals surface area contributed by atoms with Gasteiger partial charge in [-0.05, 0) is 24.6 Å². The lowest BCUT2D eigenvalue weighted by molar-refractivity contribution is 0.197. The van der Waals surface area contributed by atoms with Crippen LogP contribution in [0.5, 0.6) is 5.75 Å². The van der Waals surface area contributed by atoms with E-state index < -0.39 is 0 Å². The molecule has 2 heterocycles. The molecule has 0 aliphatic heterocycles. The van der Waals surface area contributed by atoms with Crippen LogP contribution in [0.25, 0.3) is 11.0 Å². The second-order valence-electron chi connectivity index (χ2n) is 5.47. The van der Waals surface area contributed by atoms with E-state index in [0.717, 1.165) is 11.8 Å². The number of nitrogens with one attached hydrogen (secondary N) is 2. The lowest BCUT2D eigenvalue weighted by Crippen LogP contribution is -2.09. The first-order valence-corrected chi connectivity index (χ1v) is 8.14. The van der Waals surface area contributed by atoms with Gasteiger partial charge in [-0.25, -0.2) is 0 Å². The van der Waals surface area contributed by atoms with E-state index in [9.17, 15) is 5.11 Å². The molecule has 0 aliphatic carbocycles. The number of aromatic nitrogens is 4. The molecule has 0 amide bonds. The molecule has 0 aliphatic rings. The summed E-state index contributed by atoms with van der Waals surface area (Å²) in [5.41, 5.74) is 1.41. The van der Waals surface area contributed by atoms with Crippen LogP contribution in [0, 0.1) is 0 Å². The number of hydrogen-bond donors (Lipinski definition) is 3. The van der Waals surface area contributed by atoms with Gasteiger partial charge in [0.15, 0.2) is 5.65 Å². The third kappa shape index (κ3) is 3.92. The summed E-state index contributed by atoms with van der Waals surface area (Å²) in [5.74, 6) is 1.13. The average molecular weight is 363 g/mol. The maximum atomic E-state index is 9.55. The molecule has 3 rings (SSSR count). The topological polar surface area (TPSA) is 97.1 Å². The molecule has 3 aromatic rings. The molecule has 2 aromatic heterocycles. The number of methoxy groups -OCH3 is 1. The smallest absolute Gasteiger partial charge is 0.226 e. The van der Waals surface area contributed by atoms with E-state index in [1.54, 1.807) is 30.1 Å². The highest BCUT2D eigenvalue weighted by atomic mass is 35.5. The summed E-state index contributed by atoms with van der Waals surface area (Å²) in [6, 6.07) is 4.88. The van der Waals surface area contributed by atoms with E-state index in [0.29, 0.717) is 36.3 Å². The summed E-state index contributed by atoms with van der Waals surface area (Å²) in [5, 5.41) is 21.2. The van der Waals surface area contributed by atoms with Crippen LogP contribution < -0.4 is 10.6 Å². The first-order chi connectivity index (χ1) is 12.1. The number of hydrogen-bond acceptors (Lipinski definition) is 7. The van der Waals surface area contributed by atoms with Crippen molar-refractivity contribution in [2.45, 2.75) is 6.42 Å². The Labute approximate surface area is 149 Å². The fourth-order valence-electron chi connectivity index (χ4n) is 2.33. The van der Waals surface area contributed by atoms with Gasteiger partial charge in [0.05, 0.1) is 16.6 Å². The normalized spacial score (nSPS) is 11.0. The Hall–Kier alpha value is -2.58. The summed E-state index contributed by atoms with van der Waals surface area (Å²) in [6.45, 7) is 1.36. The Balaban J connectivity index is 1.90. The van der Waals surface area contributed by atoms with Gasteiger partial charge in [-0.3, -0.25) is 4.68 Å². The predicted octanol–water partition coefficient (Wildman–Crippen LogP) is 2.91. The van der Waals surface area contributed by atoms with Crippen molar-refractivity contribution in [1.82, 2.24) is 19.7 Å². The summed E-state index contributed by atoms with van der Waals surface area (Å²) < 4.78 is 6.73. The van der Waals surface area contributed by atoms with Gasteiger partial charge in [0.1, 0.15) is 11.6 Å². The molecule has 25 heavy (non-hydrogen) atoms. The van der Waals surface area contributed by atoms with Crippen LogP contribution in [-0.2, 0) is 11.8 Å². The fraction of sp³-hybridized carbons (Fsp3) is 0.312. The van der Waals surface area contributed by atoms with Gasteiger partial charge in [-0.1, -0.05) is 11.6 Å². The van der Waals surface area contributed by atoms with E-state index in [1.807, 2.05) is 7.05 Å². The minimum atomic E-state index is 0.0296.